The molecule has 1 aliphatic heterocycles. The van der Waals surface area contributed by atoms with E-state index in [2.05, 4.69) is 14.7 Å². The Labute approximate surface area is 238 Å². The summed E-state index contributed by atoms with van der Waals surface area (Å²) < 4.78 is 65.5. The Morgan fingerprint density at radius 3 is 2.52 bits per heavy atom. The van der Waals surface area contributed by atoms with Crippen molar-refractivity contribution in [3.63, 3.8) is 0 Å². The summed E-state index contributed by atoms with van der Waals surface area (Å²) in [6.07, 6.45) is -3.09. The summed E-state index contributed by atoms with van der Waals surface area (Å²) in [6.45, 7) is 1.02. The topological polar surface area (TPSA) is 165 Å². The minimum Gasteiger partial charge on any atom is -0.497 e. The molecule has 1 aliphatic rings. The molecular formula is C27H26F3N5O6S. The number of alkyl halides is 3. The highest BCUT2D eigenvalue weighted by Gasteiger charge is 2.38. The normalized spacial score (nSPS) is 15.5. The SMILES string of the molecule is COc1ccc2ccc(S(=O)(=O)NC[C@@H]3CCN(Cc4ccc5ncnc(N)c5c4)C3=O)cc2c1.O=C(O)C(F)(F)F. The molecule has 15 heteroatoms. The number of methoxy groups -OCH3 is 1. The van der Waals surface area contributed by atoms with E-state index in [1.165, 1.54) is 6.33 Å². The number of nitrogens with two attached hydrogens (primary N) is 1. The number of hydrogen-bond acceptors (Lipinski definition) is 8. The van der Waals surface area contributed by atoms with Crippen LogP contribution in [-0.2, 0) is 26.2 Å². The lowest BCUT2D eigenvalue weighted by molar-refractivity contribution is -0.192. The van der Waals surface area contributed by atoms with E-state index >= 15 is 0 Å². The van der Waals surface area contributed by atoms with Crippen LogP contribution in [0.25, 0.3) is 21.7 Å². The maximum absolute atomic E-state index is 13.0. The molecule has 0 bridgehead atoms. The number of hydrogen-bond donors (Lipinski definition) is 3. The van der Waals surface area contributed by atoms with Crippen LogP contribution < -0.4 is 15.2 Å². The molecule has 1 amide bonds. The minimum atomic E-state index is -5.08. The zero-order valence-corrected chi connectivity index (χ0v) is 22.9. The second kappa shape index (κ2) is 12.2. The largest absolute Gasteiger partial charge is 0.497 e. The lowest BCUT2D eigenvalue weighted by atomic mass is 10.1. The minimum absolute atomic E-state index is 0.0479. The molecule has 4 aromatic rings. The van der Waals surface area contributed by atoms with Crippen LogP contribution in [0.4, 0.5) is 19.0 Å². The number of nitrogen functional groups attached to an aromatic ring is 1. The van der Waals surface area contributed by atoms with Gasteiger partial charge in [0.1, 0.15) is 17.9 Å². The number of aliphatic carboxylic acids is 1. The fraction of sp³-hybridized carbons (Fsp3) is 0.259. The first kappa shape index (κ1) is 30.5. The molecule has 0 spiro atoms. The van der Waals surface area contributed by atoms with E-state index < -0.39 is 28.1 Å². The number of benzene rings is 3. The van der Waals surface area contributed by atoms with Gasteiger partial charge < -0.3 is 20.5 Å². The van der Waals surface area contributed by atoms with Crippen molar-refractivity contribution in [1.82, 2.24) is 19.6 Å². The number of amides is 1. The number of ether oxygens (including phenoxy) is 1. The van der Waals surface area contributed by atoms with Gasteiger partial charge in [-0.1, -0.05) is 18.2 Å². The van der Waals surface area contributed by atoms with E-state index in [4.69, 9.17) is 20.4 Å². The van der Waals surface area contributed by atoms with Crippen molar-refractivity contribution in [1.29, 1.82) is 0 Å². The molecule has 1 aromatic heterocycles. The standard InChI is InChI=1S/C25H25N5O4S.C2HF3O2/c1-34-20-5-3-17-4-6-21(12-19(17)11-20)35(32,33)29-13-18-8-9-30(25(18)31)14-16-2-7-23-22(10-16)24(26)28-15-27-23;3-2(4,5)1(6)7/h2-7,10-12,15,18,29H,8-9,13-14H2,1H3,(H2,26,27,28);(H,6,7)/t18-;/m0./s1. The van der Waals surface area contributed by atoms with Crippen LogP contribution in [0.5, 0.6) is 5.75 Å². The van der Waals surface area contributed by atoms with Crippen LogP contribution in [0, 0.1) is 5.92 Å². The third-order valence-corrected chi connectivity index (χ3v) is 8.03. The first-order chi connectivity index (χ1) is 19.8. The van der Waals surface area contributed by atoms with Crippen molar-refractivity contribution in [2.24, 2.45) is 5.92 Å². The number of nitrogens with zero attached hydrogens (tertiary/aromatic N) is 3. The van der Waals surface area contributed by atoms with E-state index in [9.17, 15) is 26.4 Å². The molecule has 0 unspecified atom stereocenters. The van der Waals surface area contributed by atoms with Crippen molar-refractivity contribution in [3.05, 3.63) is 66.5 Å². The Kier molecular flexibility index (Phi) is 8.82. The van der Waals surface area contributed by atoms with E-state index in [0.29, 0.717) is 31.1 Å². The van der Waals surface area contributed by atoms with Gasteiger partial charge in [0.25, 0.3) is 0 Å². The van der Waals surface area contributed by atoms with Crippen molar-refractivity contribution >= 4 is 49.4 Å². The molecule has 0 saturated carbocycles. The Hall–Kier alpha value is -4.50. The quantitative estimate of drug-likeness (QED) is 0.287. The molecular weight excluding hydrogens is 579 g/mol. The number of likely N-dealkylation sites (tertiary alicyclic amines) is 1. The Bertz CT molecular complexity index is 1750. The molecule has 42 heavy (non-hydrogen) atoms. The van der Waals surface area contributed by atoms with Gasteiger partial charge >= 0.3 is 12.1 Å². The first-order valence-electron chi connectivity index (χ1n) is 12.4. The van der Waals surface area contributed by atoms with Crippen LogP contribution in [0.2, 0.25) is 0 Å². The lowest BCUT2D eigenvalue weighted by Crippen LogP contribution is -2.34. The number of halogens is 3. The van der Waals surface area contributed by atoms with Crippen molar-refractivity contribution in [2.45, 2.75) is 24.0 Å². The highest BCUT2D eigenvalue weighted by molar-refractivity contribution is 7.89. The van der Waals surface area contributed by atoms with Gasteiger partial charge in [-0.25, -0.2) is 27.9 Å². The van der Waals surface area contributed by atoms with Crippen LogP contribution in [0.15, 0.2) is 65.8 Å². The number of sulfonamides is 1. The summed E-state index contributed by atoms with van der Waals surface area (Å²) in [4.78, 5) is 32.0. The van der Waals surface area contributed by atoms with Crippen LogP contribution >= 0.6 is 0 Å². The molecule has 222 valence electrons. The van der Waals surface area contributed by atoms with Crippen molar-refractivity contribution in [3.8, 4) is 5.75 Å². The zero-order valence-electron chi connectivity index (χ0n) is 22.1. The first-order valence-corrected chi connectivity index (χ1v) is 13.9. The fourth-order valence-corrected chi connectivity index (χ4v) is 5.50. The van der Waals surface area contributed by atoms with Crippen molar-refractivity contribution < 1.29 is 41.0 Å². The maximum atomic E-state index is 13.0. The van der Waals surface area contributed by atoms with Gasteiger partial charge in [-0.05, 0) is 59.2 Å². The average molecular weight is 606 g/mol. The number of carboxylic acid groups (broad SMARTS) is 1. The van der Waals surface area contributed by atoms with E-state index in [1.807, 2.05) is 30.3 Å². The second-order valence-corrected chi connectivity index (χ2v) is 11.2. The number of carbonyl (C=O) groups is 2. The smallest absolute Gasteiger partial charge is 0.490 e. The predicted molar refractivity (Wildman–Crippen MR) is 147 cm³/mol. The van der Waals surface area contributed by atoms with E-state index in [1.54, 1.807) is 36.3 Å². The third-order valence-electron chi connectivity index (χ3n) is 6.60. The molecule has 1 fully saturated rings. The molecule has 11 nitrogen and oxygen atoms in total. The van der Waals surface area contributed by atoms with Gasteiger partial charge in [0.15, 0.2) is 0 Å². The molecule has 1 saturated heterocycles. The second-order valence-electron chi connectivity index (χ2n) is 9.39. The number of aromatic nitrogens is 2. The number of anilines is 1. The number of fused-ring (bicyclic) bond motifs is 2. The summed E-state index contributed by atoms with van der Waals surface area (Å²) in [6, 6.07) is 16.1. The van der Waals surface area contributed by atoms with Gasteiger partial charge in [0.2, 0.25) is 15.9 Å². The summed E-state index contributed by atoms with van der Waals surface area (Å²) in [5.74, 6) is -2.21. The molecule has 4 N–H and O–H groups in total. The van der Waals surface area contributed by atoms with Gasteiger partial charge in [0.05, 0.1) is 23.4 Å². The third kappa shape index (κ3) is 7.03. The monoisotopic (exact) mass is 605 g/mol. The number of carboxylic acids is 1. The average Bonchev–Trinajstić information content (AvgIpc) is 3.30. The fourth-order valence-electron chi connectivity index (χ4n) is 4.38. The molecule has 0 aliphatic carbocycles. The van der Waals surface area contributed by atoms with Gasteiger partial charge in [-0.3, -0.25) is 4.79 Å². The molecule has 1 atom stereocenters. The molecule has 5 rings (SSSR count). The number of nitrogens with one attached hydrogen (secondary N) is 1. The van der Waals surface area contributed by atoms with Crippen LogP contribution in [0.1, 0.15) is 12.0 Å². The number of carbonyl (C=O) groups excluding carboxylic acids is 1. The van der Waals surface area contributed by atoms with Gasteiger partial charge in [-0.2, -0.15) is 13.2 Å². The zero-order chi connectivity index (χ0) is 30.7. The maximum Gasteiger partial charge on any atom is 0.490 e. The summed E-state index contributed by atoms with van der Waals surface area (Å²) >= 11 is 0. The highest BCUT2D eigenvalue weighted by Crippen LogP contribution is 2.26. The molecule has 0 radical (unpaired) electrons. The highest BCUT2D eigenvalue weighted by atomic mass is 32.2. The van der Waals surface area contributed by atoms with Gasteiger partial charge in [0, 0.05) is 25.0 Å². The van der Waals surface area contributed by atoms with Crippen molar-refractivity contribution in [2.75, 3.05) is 25.9 Å². The Balaban J connectivity index is 0.000000517. The van der Waals surface area contributed by atoms with Crippen LogP contribution in [-0.4, -0.2) is 66.6 Å². The van der Waals surface area contributed by atoms with E-state index in [0.717, 1.165) is 27.2 Å². The summed E-state index contributed by atoms with van der Waals surface area (Å²) in [5.41, 5.74) is 7.61. The Morgan fingerprint density at radius 1 is 1.12 bits per heavy atom. The summed E-state index contributed by atoms with van der Waals surface area (Å²) in [5, 5.41) is 9.54. The molecule has 2 heterocycles. The Morgan fingerprint density at radius 2 is 1.83 bits per heavy atom. The lowest BCUT2D eigenvalue weighted by Gasteiger charge is -2.17. The van der Waals surface area contributed by atoms with Gasteiger partial charge in [-0.15, -0.1) is 0 Å². The molecule has 3 aromatic carbocycles. The predicted octanol–water partition coefficient (Wildman–Crippen LogP) is 3.33. The van der Waals surface area contributed by atoms with Crippen LogP contribution in [0.3, 0.4) is 0 Å². The number of rotatable bonds is 7. The summed E-state index contributed by atoms with van der Waals surface area (Å²) in [7, 11) is -2.21. The van der Waals surface area contributed by atoms with E-state index in [-0.39, 0.29) is 17.3 Å².